The van der Waals surface area contributed by atoms with Crippen molar-refractivity contribution in [1.82, 2.24) is 5.32 Å². The number of rotatable bonds is 6. The number of methoxy groups -OCH3 is 1. The van der Waals surface area contributed by atoms with Crippen molar-refractivity contribution in [2.24, 2.45) is 5.92 Å². The van der Waals surface area contributed by atoms with Gasteiger partial charge in [-0.3, -0.25) is 0 Å². The Balaban J connectivity index is 2.64. The van der Waals surface area contributed by atoms with Crippen molar-refractivity contribution in [3.63, 3.8) is 0 Å². The molecule has 0 heterocycles. The molecule has 0 aromatic heterocycles. The van der Waals surface area contributed by atoms with Gasteiger partial charge in [0.25, 0.3) is 0 Å². The normalized spacial score (nSPS) is 14.6. The molecule has 1 aromatic rings. The summed E-state index contributed by atoms with van der Waals surface area (Å²) in [6.07, 6.45) is 0.863. The van der Waals surface area contributed by atoms with Gasteiger partial charge in [0.2, 0.25) is 0 Å². The molecule has 102 valence electrons. The highest BCUT2D eigenvalue weighted by atomic mass is 19.1. The molecule has 0 aliphatic carbocycles. The van der Waals surface area contributed by atoms with Gasteiger partial charge in [-0.1, -0.05) is 26.8 Å². The standard InChI is InChI=1S/C15H24FNO/c1-10(2)17-12(4)11(3)8-13-6-7-15(18-5)14(16)9-13/h6-7,9-12,17H,8H2,1-5H3. The number of halogens is 1. The van der Waals surface area contributed by atoms with Crippen LogP contribution in [-0.2, 0) is 6.42 Å². The summed E-state index contributed by atoms with van der Waals surface area (Å²) in [6, 6.07) is 6.07. The molecular formula is C15H24FNO. The Hall–Kier alpha value is -1.09. The molecule has 0 aliphatic rings. The summed E-state index contributed by atoms with van der Waals surface area (Å²) in [5, 5.41) is 3.48. The maximum Gasteiger partial charge on any atom is 0.165 e. The molecule has 0 saturated carbocycles. The minimum absolute atomic E-state index is 0.285. The van der Waals surface area contributed by atoms with Gasteiger partial charge in [-0.25, -0.2) is 4.39 Å². The van der Waals surface area contributed by atoms with Crippen LogP contribution in [0.4, 0.5) is 4.39 Å². The number of ether oxygens (including phenoxy) is 1. The number of hydrogen-bond donors (Lipinski definition) is 1. The van der Waals surface area contributed by atoms with Crippen molar-refractivity contribution in [2.45, 2.75) is 46.2 Å². The third-order valence-electron chi connectivity index (χ3n) is 3.22. The van der Waals surface area contributed by atoms with Crippen LogP contribution in [0.5, 0.6) is 5.75 Å². The zero-order valence-corrected chi connectivity index (χ0v) is 12.0. The van der Waals surface area contributed by atoms with Crippen molar-refractivity contribution < 1.29 is 9.13 Å². The number of hydrogen-bond acceptors (Lipinski definition) is 2. The van der Waals surface area contributed by atoms with Gasteiger partial charge in [-0.2, -0.15) is 0 Å². The Bertz CT molecular complexity index is 379. The Morgan fingerprint density at radius 3 is 2.39 bits per heavy atom. The SMILES string of the molecule is COc1ccc(CC(C)C(C)NC(C)C)cc1F. The Morgan fingerprint density at radius 1 is 1.22 bits per heavy atom. The fourth-order valence-electron chi connectivity index (χ4n) is 2.08. The van der Waals surface area contributed by atoms with E-state index in [1.54, 1.807) is 12.1 Å². The van der Waals surface area contributed by atoms with E-state index >= 15 is 0 Å². The second-order valence-corrected chi connectivity index (χ2v) is 5.26. The van der Waals surface area contributed by atoms with E-state index in [0.717, 1.165) is 12.0 Å². The topological polar surface area (TPSA) is 21.3 Å². The fraction of sp³-hybridized carbons (Fsp3) is 0.600. The molecule has 0 aliphatic heterocycles. The molecular weight excluding hydrogens is 229 g/mol. The van der Waals surface area contributed by atoms with E-state index in [-0.39, 0.29) is 5.82 Å². The molecule has 0 bridgehead atoms. The molecule has 18 heavy (non-hydrogen) atoms. The lowest BCUT2D eigenvalue weighted by Crippen LogP contribution is -2.37. The lowest BCUT2D eigenvalue weighted by Gasteiger charge is -2.23. The van der Waals surface area contributed by atoms with E-state index in [0.29, 0.717) is 23.8 Å². The van der Waals surface area contributed by atoms with Crippen LogP contribution in [0.1, 0.15) is 33.3 Å². The Labute approximate surface area is 110 Å². The summed E-state index contributed by atoms with van der Waals surface area (Å²) in [5.74, 6) is 0.478. The zero-order chi connectivity index (χ0) is 13.7. The van der Waals surface area contributed by atoms with Gasteiger partial charge < -0.3 is 10.1 Å². The highest BCUT2D eigenvalue weighted by Crippen LogP contribution is 2.20. The molecule has 2 atom stereocenters. The van der Waals surface area contributed by atoms with Crippen LogP contribution in [-0.4, -0.2) is 19.2 Å². The van der Waals surface area contributed by atoms with E-state index < -0.39 is 0 Å². The van der Waals surface area contributed by atoms with Gasteiger partial charge in [0.15, 0.2) is 11.6 Å². The minimum Gasteiger partial charge on any atom is -0.494 e. The van der Waals surface area contributed by atoms with Crippen LogP contribution in [0.15, 0.2) is 18.2 Å². The van der Waals surface area contributed by atoms with Gasteiger partial charge in [-0.05, 0) is 37.0 Å². The first-order valence-electron chi connectivity index (χ1n) is 6.52. The third kappa shape index (κ3) is 4.30. The van der Waals surface area contributed by atoms with Crippen LogP contribution in [0.3, 0.4) is 0 Å². The molecule has 0 amide bonds. The van der Waals surface area contributed by atoms with Crippen molar-refractivity contribution in [1.29, 1.82) is 0 Å². The first-order chi connectivity index (χ1) is 8.43. The molecule has 2 nitrogen and oxygen atoms in total. The van der Waals surface area contributed by atoms with Gasteiger partial charge in [0, 0.05) is 12.1 Å². The smallest absolute Gasteiger partial charge is 0.165 e. The van der Waals surface area contributed by atoms with Crippen molar-refractivity contribution in [2.75, 3.05) is 7.11 Å². The maximum absolute atomic E-state index is 13.6. The molecule has 3 heteroatoms. The second-order valence-electron chi connectivity index (χ2n) is 5.26. The Kier molecular flexibility index (Phi) is 5.60. The van der Waals surface area contributed by atoms with Crippen LogP contribution in [0.2, 0.25) is 0 Å². The van der Waals surface area contributed by atoms with E-state index in [4.69, 9.17) is 4.74 Å². The monoisotopic (exact) mass is 253 g/mol. The predicted molar refractivity (Wildman–Crippen MR) is 73.6 cm³/mol. The predicted octanol–water partition coefficient (Wildman–Crippen LogP) is 3.40. The molecule has 0 radical (unpaired) electrons. The zero-order valence-electron chi connectivity index (χ0n) is 12.0. The van der Waals surface area contributed by atoms with E-state index in [9.17, 15) is 4.39 Å². The summed E-state index contributed by atoms with van der Waals surface area (Å²) in [5.41, 5.74) is 1.01. The molecule has 1 aromatic carbocycles. The summed E-state index contributed by atoms with van der Waals surface area (Å²) in [7, 11) is 1.48. The molecule has 0 spiro atoms. The molecule has 2 unspecified atom stereocenters. The highest BCUT2D eigenvalue weighted by Gasteiger charge is 2.14. The lowest BCUT2D eigenvalue weighted by molar-refractivity contribution is 0.369. The summed E-state index contributed by atoms with van der Waals surface area (Å²) < 4.78 is 18.5. The summed E-state index contributed by atoms with van der Waals surface area (Å²) in [6.45, 7) is 8.62. The highest BCUT2D eigenvalue weighted by molar-refractivity contribution is 5.29. The average molecular weight is 253 g/mol. The van der Waals surface area contributed by atoms with Gasteiger partial charge in [0.1, 0.15) is 0 Å². The first kappa shape index (κ1) is 15.0. The molecule has 0 saturated heterocycles. The third-order valence-corrected chi connectivity index (χ3v) is 3.22. The molecule has 1 N–H and O–H groups in total. The van der Waals surface area contributed by atoms with Crippen molar-refractivity contribution >= 4 is 0 Å². The Morgan fingerprint density at radius 2 is 1.89 bits per heavy atom. The minimum atomic E-state index is -0.285. The largest absolute Gasteiger partial charge is 0.494 e. The van der Waals surface area contributed by atoms with E-state index in [1.807, 2.05) is 6.07 Å². The number of nitrogens with one attached hydrogen (secondary N) is 1. The van der Waals surface area contributed by atoms with Crippen LogP contribution in [0, 0.1) is 11.7 Å². The fourth-order valence-corrected chi connectivity index (χ4v) is 2.08. The van der Waals surface area contributed by atoms with Gasteiger partial charge >= 0.3 is 0 Å². The van der Waals surface area contributed by atoms with Gasteiger partial charge in [0.05, 0.1) is 7.11 Å². The second kappa shape index (κ2) is 6.74. The summed E-state index contributed by atoms with van der Waals surface area (Å²) in [4.78, 5) is 0. The van der Waals surface area contributed by atoms with E-state index in [2.05, 4.69) is 33.0 Å². The van der Waals surface area contributed by atoms with Crippen molar-refractivity contribution in [3.8, 4) is 5.75 Å². The van der Waals surface area contributed by atoms with E-state index in [1.165, 1.54) is 7.11 Å². The van der Waals surface area contributed by atoms with Crippen LogP contribution >= 0.6 is 0 Å². The first-order valence-corrected chi connectivity index (χ1v) is 6.52. The summed E-state index contributed by atoms with van der Waals surface area (Å²) >= 11 is 0. The molecule has 1 rings (SSSR count). The molecule has 0 fully saturated rings. The van der Waals surface area contributed by atoms with Crippen molar-refractivity contribution in [3.05, 3.63) is 29.6 Å². The quantitative estimate of drug-likeness (QED) is 0.839. The lowest BCUT2D eigenvalue weighted by atomic mass is 9.94. The van der Waals surface area contributed by atoms with Crippen LogP contribution < -0.4 is 10.1 Å². The maximum atomic E-state index is 13.6. The van der Waals surface area contributed by atoms with Crippen LogP contribution in [0.25, 0.3) is 0 Å². The van der Waals surface area contributed by atoms with Gasteiger partial charge in [-0.15, -0.1) is 0 Å². The average Bonchev–Trinajstić information content (AvgIpc) is 2.28. The number of benzene rings is 1.